The lowest BCUT2D eigenvalue weighted by molar-refractivity contribution is 0.406. The number of hydrogen-bond acceptors (Lipinski definition) is 2. The standard InChI is InChI=1S/C68H50O2/c1-69-61-45-60(68-65(53-39-23-9-24-40-53)57(49-31-15-5-16-32-49)44-58(50-33-17-6-18-34-50)66(68)54-41-25-10-26-42-54)62(70-2)46-59(61)67-63(51-35-19-7-20-36-51)55(47-27-11-3-12-28-47)43-56(48-29-13-4-14-30-48)64(67)52-37-21-8-22-38-52/h3-46H,1-2H3. The predicted octanol–water partition coefficient (Wildman–Crippen LogP) is 18.4. The van der Waals surface area contributed by atoms with Gasteiger partial charge in [0.05, 0.1) is 14.2 Å². The molecule has 0 unspecified atom stereocenters. The van der Waals surface area contributed by atoms with E-state index < -0.39 is 0 Å². The van der Waals surface area contributed by atoms with Gasteiger partial charge in [0.2, 0.25) is 0 Å². The molecule has 0 amide bonds. The van der Waals surface area contributed by atoms with Crippen LogP contribution in [0.25, 0.3) is 111 Å². The highest BCUT2D eigenvalue weighted by Crippen LogP contribution is 2.57. The Morgan fingerprint density at radius 2 is 0.371 bits per heavy atom. The molecule has 0 spiro atoms. The molecular formula is C68H50O2. The van der Waals surface area contributed by atoms with Crippen molar-refractivity contribution < 1.29 is 9.47 Å². The maximum absolute atomic E-state index is 6.80. The minimum atomic E-state index is 0.721. The molecule has 0 bridgehead atoms. The molecule has 2 nitrogen and oxygen atoms in total. The number of ether oxygens (including phenoxy) is 2. The normalized spacial score (nSPS) is 11.0. The monoisotopic (exact) mass is 898 g/mol. The highest BCUT2D eigenvalue weighted by molar-refractivity contribution is 6.11. The quantitative estimate of drug-likeness (QED) is 0.122. The van der Waals surface area contributed by atoms with E-state index in [4.69, 9.17) is 9.47 Å². The average Bonchev–Trinajstić information content (AvgIpc) is 3.45. The molecule has 0 saturated heterocycles. The lowest BCUT2D eigenvalue weighted by Gasteiger charge is -2.28. The Kier molecular flexibility index (Phi) is 12.3. The molecule has 334 valence electrons. The SMILES string of the molecule is COc1cc(-c2c(-c3ccccc3)c(-c3ccccc3)cc(-c3ccccc3)c2-c2ccccc2)c(OC)cc1-c1c(-c2ccccc2)c(-c2ccccc2)cc(-c2ccccc2)c1-c1ccccc1. The highest BCUT2D eigenvalue weighted by Gasteiger charge is 2.30. The maximum Gasteiger partial charge on any atom is 0.127 e. The summed E-state index contributed by atoms with van der Waals surface area (Å²) in [5.74, 6) is 1.44. The molecule has 0 saturated carbocycles. The Morgan fingerprint density at radius 1 is 0.186 bits per heavy atom. The van der Waals surface area contributed by atoms with Gasteiger partial charge in [-0.15, -0.1) is 0 Å². The minimum Gasteiger partial charge on any atom is -0.496 e. The second kappa shape index (κ2) is 19.7. The summed E-state index contributed by atoms with van der Waals surface area (Å²) in [6.07, 6.45) is 0. The third kappa shape index (κ3) is 8.27. The molecule has 0 fully saturated rings. The van der Waals surface area contributed by atoms with Gasteiger partial charge in [-0.2, -0.15) is 0 Å². The van der Waals surface area contributed by atoms with Crippen LogP contribution in [0.5, 0.6) is 11.5 Å². The van der Waals surface area contributed by atoms with Crippen molar-refractivity contribution in [1.82, 2.24) is 0 Å². The fourth-order valence-electron chi connectivity index (χ4n) is 10.2. The van der Waals surface area contributed by atoms with Crippen molar-refractivity contribution >= 4 is 0 Å². The summed E-state index contributed by atoms with van der Waals surface area (Å²) >= 11 is 0. The lowest BCUT2D eigenvalue weighted by atomic mass is 9.77. The van der Waals surface area contributed by atoms with E-state index in [9.17, 15) is 0 Å². The Bertz CT molecular complexity index is 3100. The van der Waals surface area contributed by atoms with Crippen LogP contribution in [0.4, 0.5) is 0 Å². The molecule has 70 heavy (non-hydrogen) atoms. The van der Waals surface area contributed by atoms with Crippen LogP contribution in [0.15, 0.2) is 267 Å². The Balaban J connectivity index is 1.33. The van der Waals surface area contributed by atoms with Crippen molar-refractivity contribution in [2.24, 2.45) is 0 Å². The van der Waals surface area contributed by atoms with E-state index in [1.807, 2.05) is 0 Å². The zero-order chi connectivity index (χ0) is 47.2. The highest BCUT2D eigenvalue weighted by atomic mass is 16.5. The summed E-state index contributed by atoms with van der Waals surface area (Å²) in [5, 5.41) is 0. The maximum atomic E-state index is 6.80. The molecule has 2 heteroatoms. The molecule has 11 aromatic rings. The molecule has 11 rings (SSSR count). The first-order valence-corrected chi connectivity index (χ1v) is 23.8. The molecule has 0 aromatic heterocycles. The molecule has 0 aliphatic carbocycles. The van der Waals surface area contributed by atoms with Gasteiger partial charge in [-0.25, -0.2) is 0 Å². The first-order valence-electron chi connectivity index (χ1n) is 23.8. The van der Waals surface area contributed by atoms with Crippen molar-refractivity contribution in [1.29, 1.82) is 0 Å². The lowest BCUT2D eigenvalue weighted by Crippen LogP contribution is -2.02. The van der Waals surface area contributed by atoms with Crippen LogP contribution in [-0.2, 0) is 0 Å². The molecule has 0 radical (unpaired) electrons. The van der Waals surface area contributed by atoms with Gasteiger partial charge in [0.15, 0.2) is 0 Å². The van der Waals surface area contributed by atoms with Crippen LogP contribution in [-0.4, -0.2) is 14.2 Å². The molecule has 0 aliphatic rings. The van der Waals surface area contributed by atoms with E-state index in [0.29, 0.717) is 0 Å². The fraction of sp³-hybridized carbons (Fsp3) is 0.0294. The molecule has 0 heterocycles. The molecule has 0 N–H and O–H groups in total. The van der Waals surface area contributed by atoms with Gasteiger partial charge >= 0.3 is 0 Å². The van der Waals surface area contributed by atoms with Crippen molar-refractivity contribution in [3.05, 3.63) is 267 Å². The van der Waals surface area contributed by atoms with Gasteiger partial charge < -0.3 is 9.47 Å². The Morgan fingerprint density at radius 3 is 0.557 bits per heavy atom. The van der Waals surface area contributed by atoms with E-state index in [1.54, 1.807) is 14.2 Å². The summed E-state index contributed by atoms with van der Waals surface area (Å²) in [6.45, 7) is 0. The first-order chi connectivity index (χ1) is 34.7. The number of rotatable bonds is 12. The van der Waals surface area contributed by atoms with E-state index in [1.165, 1.54) is 0 Å². The molecule has 0 atom stereocenters. The van der Waals surface area contributed by atoms with Gasteiger partial charge in [-0.3, -0.25) is 0 Å². The summed E-state index contributed by atoms with van der Waals surface area (Å²) in [7, 11) is 3.59. The summed E-state index contributed by atoms with van der Waals surface area (Å²) < 4.78 is 13.6. The Labute approximate surface area is 411 Å². The van der Waals surface area contributed by atoms with Crippen LogP contribution in [0.1, 0.15) is 0 Å². The van der Waals surface area contributed by atoms with Gasteiger partial charge in [0.1, 0.15) is 11.5 Å². The van der Waals surface area contributed by atoms with E-state index >= 15 is 0 Å². The fourth-order valence-corrected chi connectivity index (χ4v) is 10.2. The van der Waals surface area contributed by atoms with Crippen LogP contribution in [0.2, 0.25) is 0 Å². The number of benzene rings is 11. The van der Waals surface area contributed by atoms with E-state index in [2.05, 4.69) is 267 Å². The van der Waals surface area contributed by atoms with Crippen molar-refractivity contribution in [2.45, 2.75) is 0 Å². The largest absolute Gasteiger partial charge is 0.496 e. The Hall–Kier alpha value is -8.98. The minimum absolute atomic E-state index is 0.721. The number of hydrogen-bond donors (Lipinski definition) is 0. The van der Waals surface area contributed by atoms with E-state index in [0.717, 1.165) is 123 Å². The summed E-state index contributed by atoms with van der Waals surface area (Å²) in [5.41, 5.74) is 21.7. The summed E-state index contributed by atoms with van der Waals surface area (Å²) in [6, 6.07) is 95.4. The van der Waals surface area contributed by atoms with Crippen molar-refractivity contribution in [3.63, 3.8) is 0 Å². The van der Waals surface area contributed by atoms with Gasteiger partial charge in [0, 0.05) is 22.3 Å². The topological polar surface area (TPSA) is 18.5 Å². The number of methoxy groups -OCH3 is 2. The summed E-state index contributed by atoms with van der Waals surface area (Å²) in [4.78, 5) is 0. The zero-order valence-corrected chi connectivity index (χ0v) is 39.2. The van der Waals surface area contributed by atoms with Crippen LogP contribution in [0.3, 0.4) is 0 Å². The third-order valence-electron chi connectivity index (χ3n) is 13.3. The second-order valence-corrected chi connectivity index (χ2v) is 17.4. The predicted molar refractivity (Wildman–Crippen MR) is 294 cm³/mol. The zero-order valence-electron chi connectivity index (χ0n) is 39.2. The molecular weight excluding hydrogens is 849 g/mol. The average molecular weight is 899 g/mol. The van der Waals surface area contributed by atoms with Gasteiger partial charge in [0.25, 0.3) is 0 Å². The van der Waals surface area contributed by atoms with Crippen LogP contribution in [0, 0.1) is 0 Å². The van der Waals surface area contributed by atoms with Crippen LogP contribution < -0.4 is 9.47 Å². The van der Waals surface area contributed by atoms with Gasteiger partial charge in [-0.1, -0.05) is 243 Å². The smallest absolute Gasteiger partial charge is 0.127 e. The van der Waals surface area contributed by atoms with Gasteiger partial charge in [-0.05, 0) is 113 Å². The second-order valence-electron chi connectivity index (χ2n) is 17.4. The molecule has 0 aliphatic heterocycles. The van der Waals surface area contributed by atoms with Crippen molar-refractivity contribution in [2.75, 3.05) is 14.2 Å². The third-order valence-corrected chi connectivity index (χ3v) is 13.3. The molecule has 11 aromatic carbocycles. The van der Waals surface area contributed by atoms with E-state index in [-0.39, 0.29) is 0 Å². The first kappa shape index (κ1) is 43.6. The van der Waals surface area contributed by atoms with Crippen LogP contribution >= 0.6 is 0 Å². The van der Waals surface area contributed by atoms with Crippen molar-refractivity contribution in [3.8, 4) is 123 Å².